The number of carbonyl (C=O) groups is 1. The molecule has 0 radical (unpaired) electrons. The van der Waals surface area contributed by atoms with Crippen molar-refractivity contribution in [1.82, 2.24) is 4.57 Å². The first-order valence-electron chi connectivity index (χ1n) is 8.00. The first kappa shape index (κ1) is 16.6. The Balaban J connectivity index is 2.15. The van der Waals surface area contributed by atoms with Crippen LogP contribution in [-0.4, -0.2) is 22.2 Å². The third kappa shape index (κ3) is 3.18. The molecule has 0 aliphatic carbocycles. The van der Waals surface area contributed by atoms with E-state index in [-0.39, 0.29) is 18.6 Å². The van der Waals surface area contributed by atoms with Crippen molar-refractivity contribution in [2.75, 3.05) is 6.61 Å². The Bertz CT molecular complexity index is 918. The van der Waals surface area contributed by atoms with E-state index in [1.165, 1.54) is 11.3 Å². The summed E-state index contributed by atoms with van der Waals surface area (Å²) >= 11 is 1.47. The second-order valence-corrected chi connectivity index (χ2v) is 6.76. The van der Waals surface area contributed by atoms with Gasteiger partial charge in [-0.3, -0.25) is 4.79 Å². The number of hydrogen-bond acceptors (Lipinski definition) is 3. The van der Waals surface area contributed by atoms with Crippen molar-refractivity contribution in [3.63, 3.8) is 0 Å². The van der Waals surface area contributed by atoms with E-state index in [0.717, 1.165) is 22.2 Å². The van der Waals surface area contributed by atoms with E-state index in [0.29, 0.717) is 10.4 Å². The van der Waals surface area contributed by atoms with Crippen LogP contribution in [-0.2, 0) is 0 Å². The fourth-order valence-corrected chi connectivity index (χ4v) is 3.75. The Morgan fingerprint density at radius 2 is 1.92 bits per heavy atom. The van der Waals surface area contributed by atoms with Crippen LogP contribution < -0.4 is 4.80 Å². The molecular formula is C19H20N2O2S. The Labute approximate surface area is 144 Å². The van der Waals surface area contributed by atoms with Crippen molar-refractivity contribution in [2.45, 2.75) is 26.3 Å². The molecule has 3 aromatic rings. The van der Waals surface area contributed by atoms with Gasteiger partial charge in [0.1, 0.15) is 0 Å². The van der Waals surface area contributed by atoms with Gasteiger partial charge in [-0.15, -0.1) is 0 Å². The van der Waals surface area contributed by atoms with Crippen LogP contribution in [0.5, 0.6) is 0 Å². The second kappa shape index (κ2) is 7.11. The number of fused-ring (bicyclic) bond motifs is 1. The van der Waals surface area contributed by atoms with Crippen molar-refractivity contribution in [3.8, 4) is 0 Å². The van der Waals surface area contributed by atoms with Gasteiger partial charge in [0.05, 0.1) is 22.9 Å². The van der Waals surface area contributed by atoms with E-state index in [1.807, 2.05) is 54.8 Å². The Hall–Kier alpha value is -2.24. The van der Waals surface area contributed by atoms with Crippen molar-refractivity contribution in [2.24, 2.45) is 4.99 Å². The molecule has 1 atom stereocenters. The predicted octanol–water partition coefficient (Wildman–Crippen LogP) is 3.70. The summed E-state index contributed by atoms with van der Waals surface area (Å²) in [6.07, 6.45) is 0.767. The third-order valence-electron chi connectivity index (χ3n) is 4.07. The zero-order valence-electron chi connectivity index (χ0n) is 13.8. The summed E-state index contributed by atoms with van der Waals surface area (Å²) in [6, 6.07) is 15.2. The number of hydrogen-bond donors (Lipinski definition) is 1. The lowest BCUT2D eigenvalue weighted by atomic mass is 10.1. The molecule has 1 amide bonds. The maximum Gasteiger partial charge on any atom is 0.279 e. The van der Waals surface area contributed by atoms with Crippen LogP contribution in [0, 0.1) is 6.92 Å². The number of benzene rings is 2. The smallest absolute Gasteiger partial charge is 0.279 e. The highest BCUT2D eigenvalue weighted by molar-refractivity contribution is 7.16. The molecular weight excluding hydrogens is 320 g/mol. The topological polar surface area (TPSA) is 54.6 Å². The Morgan fingerprint density at radius 1 is 1.21 bits per heavy atom. The number of nitrogens with zero attached hydrogens (tertiary/aromatic N) is 2. The van der Waals surface area contributed by atoms with Crippen molar-refractivity contribution in [1.29, 1.82) is 0 Å². The SMILES string of the molecule is CCC(CO)n1c(=NC(=O)c2ccc(C)cc2)sc2ccccc21. The molecule has 0 fully saturated rings. The van der Waals surface area contributed by atoms with Gasteiger partial charge in [0.25, 0.3) is 5.91 Å². The first-order valence-corrected chi connectivity index (χ1v) is 8.82. The van der Waals surface area contributed by atoms with E-state index in [4.69, 9.17) is 0 Å². The number of aryl methyl sites for hydroxylation is 1. The van der Waals surface area contributed by atoms with Crippen LogP contribution in [0.15, 0.2) is 53.5 Å². The van der Waals surface area contributed by atoms with Crippen LogP contribution >= 0.6 is 11.3 Å². The van der Waals surface area contributed by atoms with Gasteiger partial charge >= 0.3 is 0 Å². The number of aliphatic hydroxyl groups is 1. The molecule has 1 heterocycles. The summed E-state index contributed by atoms with van der Waals surface area (Å²) in [7, 11) is 0. The molecule has 0 aliphatic rings. The average Bonchev–Trinajstić information content (AvgIpc) is 2.95. The number of amides is 1. The van der Waals surface area contributed by atoms with Crippen molar-refractivity contribution >= 4 is 27.5 Å². The molecule has 3 rings (SSSR count). The van der Waals surface area contributed by atoms with Gasteiger partial charge in [-0.1, -0.05) is 48.1 Å². The monoisotopic (exact) mass is 340 g/mol. The second-order valence-electron chi connectivity index (χ2n) is 5.75. The number of thiazole rings is 1. The van der Waals surface area contributed by atoms with Crippen molar-refractivity contribution in [3.05, 3.63) is 64.5 Å². The summed E-state index contributed by atoms with van der Waals surface area (Å²) in [5.41, 5.74) is 2.68. The number of rotatable bonds is 4. The summed E-state index contributed by atoms with van der Waals surface area (Å²) < 4.78 is 3.03. The van der Waals surface area contributed by atoms with E-state index >= 15 is 0 Å². The molecule has 4 nitrogen and oxygen atoms in total. The van der Waals surface area contributed by atoms with Gasteiger partial charge in [0.2, 0.25) is 0 Å². The third-order valence-corrected chi connectivity index (χ3v) is 5.11. The highest BCUT2D eigenvalue weighted by atomic mass is 32.1. The first-order chi connectivity index (χ1) is 11.6. The quantitative estimate of drug-likeness (QED) is 0.787. The summed E-state index contributed by atoms with van der Waals surface area (Å²) in [6.45, 7) is 4.02. The van der Waals surface area contributed by atoms with Crippen LogP contribution in [0.1, 0.15) is 35.3 Å². The molecule has 124 valence electrons. The maximum absolute atomic E-state index is 12.5. The van der Waals surface area contributed by atoms with E-state index in [2.05, 4.69) is 4.99 Å². The minimum atomic E-state index is -0.261. The lowest BCUT2D eigenvalue weighted by molar-refractivity contribution is 0.0997. The number of aromatic nitrogens is 1. The zero-order valence-corrected chi connectivity index (χ0v) is 14.6. The average molecular weight is 340 g/mol. The molecule has 24 heavy (non-hydrogen) atoms. The Morgan fingerprint density at radius 3 is 2.58 bits per heavy atom. The van der Waals surface area contributed by atoms with Crippen molar-refractivity contribution < 1.29 is 9.90 Å². The highest BCUT2D eigenvalue weighted by Crippen LogP contribution is 2.22. The van der Waals surface area contributed by atoms with Crippen LogP contribution in [0.2, 0.25) is 0 Å². The largest absolute Gasteiger partial charge is 0.394 e. The minimum Gasteiger partial charge on any atom is -0.394 e. The molecule has 5 heteroatoms. The van der Waals surface area contributed by atoms with Gasteiger partial charge in [-0.05, 0) is 37.6 Å². The normalized spacial score (nSPS) is 13.4. The van der Waals surface area contributed by atoms with Gasteiger partial charge in [0.15, 0.2) is 4.80 Å². The molecule has 0 saturated heterocycles. The lowest BCUT2D eigenvalue weighted by Gasteiger charge is -2.15. The van der Waals surface area contributed by atoms with Gasteiger partial charge in [-0.25, -0.2) is 0 Å². The van der Waals surface area contributed by atoms with Crippen LogP contribution in [0.3, 0.4) is 0 Å². The fourth-order valence-electron chi connectivity index (χ4n) is 2.66. The molecule has 1 N–H and O–H groups in total. The molecule has 0 saturated carbocycles. The van der Waals surface area contributed by atoms with Crippen LogP contribution in [0.4, 0.5) is 0 Å². The number of para-hydroxylation sites is 1. The lowest BCUT2D eigenvalue weighted by Crippen LogP contribution is -2.24. The summed E-state index contributed by atoms with van der Waals surface area (Å²) in [5.74, 6) is -0.261. The minimum absolute atomic E-state index is 0.0170. The van der Waals surface area contributed by atoms with E-state index in [9.17, 15) is 9.90 Å². The fraction of sp³-hybridized carbons (Fsp3) is 0.263. The summed E-state index contributed by atoms with van der Waals surface area (Å²) in [5, 5.41) is 9.72. The molecule has 0 spiro atoms. The molecule has 0 bridgehead atoms. The molecule has 2 aromatic carbocycles. The van der Waals surface area contributed by atoms with E-state index in [1.54, 1.807) is 12.1 Å². The zero-order chi connectivity index (χ0) is 17.1. The van der Waals surface area contributed by atoms with Gasteiger partial charge in [0, 0.05) is 5.56 Å². The number of carbonyl (C=O) groups excluding carboxylic acids is 1. The number of aliphatic hydroxyl groups excluding tert-OH is 1. The maximum atomic E-state index is 12.5. The molecule has 0 aliphatic heterocycles. The van der Waals surface area contributed by atoms with Crippen LogP contribution in [0.25, 0.3) is 10.2 Å². The van der Waals surface area contributed by atoms with E-state index < -0.39 is 0 Å². The standard InChI is InChI=1S/C19H20N2O2S/c1-3-15(12-22)21-16-6-4-5-7-17(16)24-19(21)20-18(23)14-10-8-13(2)9-11-14/h4-11,15,22H,3,12H2,1-2H3. The molecule has 1 unspecified atom stereocenters. The highest BCUT2D eigenvalue weighted by Gasteiger charge is 2.15. The van der Waals surface area contributed by atoms with Gasteiger partial charge < -0.3 is 9.67 Å². The molecule has 1 aromatic heterocycles. The Kier molecular flexibility index (Phi) is 4.92. The van der Waals surface area contributed by atoms with Gasteiger partial charge in [-0.2, -0.15) is 4.99 Å². The predicted molar refractivity (Wildman–Crippen MR) is 97.3 cm³/mol. The summed E-state index contributed by atoms with van der Waals surface area (Å²) in [4.78, 5) is 17.5.